The number of ketones is 1. The minimum absolute atomic E-state index is 0. The number of hydrogen-bond acceptors (Lipinski definition) is 8. The van der Waals surface area contributed by atoms with Crippen molar-refractivity contribution in [3.8, 4) is 0 Å². The summed E-state index contributed by atoms with van der Waals surface area (Å²) in [4.78, 5) is 62.3. The topological polar surface area (TPSA) is 214 Å². The number of hydrogen-bond donors (Lipinski definition) is 3. The molecule has 2 fully saturated rings. The molecule has 2 heterocycles. The molecular formula is C24H28N6O7Pt. The van der Waals surface area contributed by atoms with E-state index in [1.165, 1.54) is 31.2 Å². The third kappa shape index (κ3) is 6.97. The first kappa shape index (κ1) is 30.9. The van der Waals surface area contributed by atoms with Crippen LogP contribution >= 0.6 is 0 Å². The normalized spacial score (nSPS) is 20.8. The number of carbonyl (C=O) groups is 5. The molecule has 13 nitrogen and oxygen atoms in total. The number of rotatable bonds is 10. The van der Waals surface area contributed by atoms with E-state index in [0.29, 0.717) is 30.6 Å². The molecule has 206 valence electrons. The fourth-order valence-corrected chi connectivity index (χ4v) is 4.06. The molecule has 0 spiro atoms. The van der Waals surface area contributed by atoms with Gasteiger partial charge in [0.1, 0.15) is 5.82 Å². The number of pyridine rings is 1. The minimum Gasteiger partial charge on any atom is -0.677 e. The van der Waals surface area contributed by atoms with E-state index in [9.17, 15) is 24.0 Å². The zero-order valence-corrected chi connectivity index (χ0v) is 22.6. The quantitative estimate of drug-likeness (QED) is 0.141. The molecule has 3 aliphatic rings. The SMILES string of the molecule is O=C(CCN1C(=O)C=CC1=O)c1ccc(NN=C2CC(C(=O)O)(C(=O)O)C2)nc1.[NH-]C[C@@H]1CC[C@H]1C[NH-].[Pt+2]. The Morgan fingerprint density at radius 1 is 1.03 bits per heavy atom. The Balaban J connectivity index is 0.000000482. The number of imide groups is 1. The number of anilines is 1. The van der Waals surface area contributed by atoms with Crippen LogP contribution in [0.4, 0.5) is 5.82 Å². The van der Waals surface area contributed by atoms with Crippen molar-refractivity contribution in [1.82, 2.24) is 9.88 Å². The van der Waals surface area contributed by atoms with E-state index in [0.717, 1.165) is 17.1 Å². The molecule has 0 saturated heterocycles. The Kier molecular flexibility index (Phi) is 11.0. The number of aromatic nitrogens is 1. The van der Waals surface area contributed by atoms with Gasteiger partial charge in [-0.05, 0) is 12.1 Å². The van der Waals surface area contributed by atoms with Crippen molar-refractivity contribution in [2.45, 2.75) is 32.1 Å². The molecule has 0 unspecified atom stereocenters. The summed E-state index contributed by atoms with van der Waals surface area (Å²) in [6, 6.07) is 2.97. The molecule has 4 rings (SSSR count). The van der Waals surface area contributed by atoms with Gasteiger partial charge in [-0.1, -0.05) is 24.7 Å². The first-order valence-electron chi connectivity index (χ1n) is 11.7. The minimum atomic E-state index is -1.84. The Bertz CT molecular complexity index is 1080. The number of Topliss-reactive ketones (excluding diaryl/α,β-unsaturated/α-hetero) is 1. The Hall–Kier alpha value is -3.28. The van der Waals surface area contributed by atoms with Crippen LogP contribution < -0.4 is 5.43 Å². The van der Waals surface area contributed by atoms with Crippen LogP contribution in [0, 0.1) is 17.3 Å². The largest absolute Gasteiger partial charge is 2.00 e. The van der Waals surface area contributed by atoms with Crippen LogP contribution in [0.5, 0.6) is 0 Å². The van der Waals surface area contributed by atoms with Crippen LogP contribution in [-0.2, 0) is 40.2 Å². The van der Waals surface area contributed by atoms with Gasteiger partial charge in [-0.15, -0.1) is 13.1 Å². The van der Waals surface area contributed by atoms with Crippen LogP contribution in [0.15, 0.2) is 35.6 Å². The summed E-state index contributed by atoms with van der Waals surface area (Å²) in [7, 11) is 0. The number of carbonyl (C=O) groups excluding carboxylic acids is 3. The van der Waals surface area contributed by atoms with Crippen molar-refractivity contribution < 1.29 is 55.3 Å². The van der Waals surface area contributed by atoms with Crippen molar-refractivity contribution in [3.63, 3.8) is 0 Å². The van der Waals surface area contributed by atoms with E-state index in [1.54, 1.807) is 0 Å². The molecule has 1 aromatic heterocycles. The van der Waals surface area contributed by atoms with E-state index in [4.69, 9.17) is 21.7 Å². The predicted octanol–water partition coefficient (Wildman–Crippen LogP) is 2.41. The second kappa shape index (κ2) is 13.5. The predicted molar refractivity (Wildman–Crippen MR) is 132 cm³/mol. The van der Waals surface area contributed by atoms with Crippen molar-refractivity contribution in [1.29, 1.82) is 0 Å². The van der Waals surface area contributed by atoms with Crippen molar-refractivity contribution in [3.05, 3.63) is 47.5 Å². The fourth-order valence-electron chi connectivity index (χ4n) is 4.06. The van der Waals surface area contributed by atoms with Crippen molar-refractivity contribution in [2.75, 3.05) is 25.1 Å². The molecule has 2 atom stereocenters. The second-order valence-corrected chi connectivity index (χ2v) is 9.11. The molecule has 0 aromatic carbocycles. The third-order valence-corrected chi connectivity index (χ3v) is 6.81. The first-order chi connectivity index (χ1) is 17.6. The molecule has 1 aromatic rings. The van der Waals surface area contributed by atoms with Crippen LogP contribution in [0.1, 0.15) is 42.5 Å². The van der Waals surface area contributed by atoms with Gasteiger partial charge in [-0.25, -0.2) is 4.98 Å². The summed E-state index contributed by atoms with van der Waals surface area (Å²) in [6.45, 7) is 1.07. The number of nitrogens with zero attached hydrogens (tertiary/aromatic N) is 3. The van der Waals surface area contributed by atoms with E-state index >= 15 is 0 Å². The van der Waals surface area contributed by atoms with Gasteiger partial charge in [0.15, 0.2) is 11.2 Å². The van der Waals surface area contributed by atoms with Crippen molar-refractivity contribution >= 4 is 41.1 Å². The zero-order chi connectivity index (χ0) is 27.2. The second-order valence-electron chi connectivity index (χ2n) is 9.11. The average molecular weight is 708 g/mol. The van der Waals surface area contributed by atoms with Crippen LogP contribution in [0.25, 0.3) is 11.5 Å². The number of hydrazone groups is 1. The monoisotopic (exact) mass is 707 g/mol. The van der Waals surface area contributed by atoms with E-state index in [1.807, 2.05) is 0 Å². The van der Waals surface area contributed by atoms with Gasteiger partial charge < -0.3 is 21.7 Å². The maximum atomic E-state index is 12.2. The molecule has 2 saturated carbocycles. The maximum Gasteiger partial charge on any atom is 2.00 e. The van der Waals surface area contributed by atoms with Crippen LogP contribution in [0.2, 0.25) is 0 Å². The first-order valence-corrected chi connectivity index (χ1v) is 11.7. The van der Waals surface area contributed by atoms with Crippen LogP contribution in [0.3, 0.4) is 0 Å². The van der Waals surface area contributed by atoms with E-state index < -0.39 is 29.2 Å². The fraction of sp³-hybridized carbons (Fsp3) is 0.458. The summed E-state index contributed by atoms with van der Waals surface area (Å²) in [5.41, 5.74) is 15.4. The molecule has 1 aliphatic heterocycles. The molecular weight excluding hydrogens is 679 g/mol. The number of nitrogens with one attached hydrogen (secondary N) is 3. The Morgan fingerprint density at radius 2 is 1.58 bits per heavy atom. The van der Waals surface area contributed by atoms with Gasteiger partial charge in [-0.3, -0.25) is 34.3 Å². The number of aliphatic carboxylic acids is 2. The van der Waals surface area contributed by atoms with Gasteiger partial charge in [0.2, 0.25) is 0 Å². The third-order valence-electron chi connectivity index (χ3n) is 6.81. The smallest absolute Gasteiger partial charge is 0.677 e. The van der Waals surface area contributed by atoms with Gasteiger partial charge in [0.25, 0.3) is 11.8 Å². The Labute approximate surface area is 233 Å². The van der Waals surface area contributed by atoms with E-state index in [2.05, 4.69) is 15.5 Å². The van der Waals surface area contributed by atoms with Gasteiger partial charge >= 0.3 is 33.0 Å². The number of amides is 2. The van der Waals surface area contributed by atoms with Gasteiger partial charge in [-0.2, -0.15) is 5.10 Å². The van der Waals surface area contributed by atoms with Crippen LogP contribution in [-0.4, -0.2) is 75.0 Å². The molecule has 5 N–H and O–H groups in total. The molecule has 0 bridgehead atoms. The maximum absolute atomic E-state index is 12.2. The molecule has 38 heavy (non-hydrogen) atoms. The summed E-state index contributed by atoms with van der Waals surface area (Å²) in [6.07, 6.45) is 5.55. The van der Waals surface area contributed by atoms with Gasteiger partial charge in [0, 0.05) is 55.4 Å². The summed E-state index contributed by atoms with van der Waals surface area (Å²) in [5.74, 6) is -2.58. The zero-order valence-electron chi connectivity index (χ0n) is 20.3. The van der Waals surface area contributed by atoms with E-state index in [-0.39, 0.29) is 64.0 Å². The summed E-state index contributed by atoms with van der Waals surface area (Å²) < 4.78 is 0. The van der Waals surface area contributed by atoms with Gasteiger partial charge in [0.05, 0.1) is 0 Å². The molecule has 0 radical (unpaired) electrons. The van der Waals surface area contributed by atoms with Crippen molar-refractivity contribution in [2.24, 2.45) is 22.4 Å². The molecule has 2 amide bonds. The summed E-state index contributed by atoms with van der Waals surface area (Å²) in [5, 5.41) is 22.0. The molecule has 14 heteroatoms. The number of carboxylic acids is 2. The average Bonchev–Trinajstić information content (AvgIpc) is 3.14. The molecule has 2 aliphatic carbocycles. The number of carboxylic acid groups (broad SMARTS) is 2. The summed E-state index contributed by atoms with van der Waals surface area (Å²) >= 11 is 0. The Morgan fingerprint density at radius 3 is 2.00 bits per heavy atom. The standard InChI is InChI=1S/C18H16N4O7.C6H12N2.Pt/c23-12(5-6-22-14(24)3-4-15(22)25)10-1-2-13(19-9-10)21-20-11-7-18(8-11,16(26)27)17(28)29;7-3-5-1-2-6(5)4-8;/h1-4,9H,5-8H2,(H,19,21)(H,26,27)(H,28,29);5-8H,1-4H2;/q;-2;+2/t;5-,6-;/m.0./s1.